The van der Waals surface area contributed by atoms with Gasteiger partial charge in [-0.3, -0.25) is 0 Å². The van der Waals surface area contributed by atoms with Gasteiger partial charge in [0.05, 0.1) is 11.4 Å². The van der Waals surface area contributed by atoms with Gasteiger partial charge in [-0.2, -0.15) is 0 Å². The van der Waals surface area contributed by atoms with E-state index < -0.39 is 16.1 Å². The normalized spacial score (nSPS) is 11.3. The van der Waals surface area contributed by atoms with Gasteiger partial charge in [-0.15, -0.1) is 11.1 Å². The molecule has 0 amide bonds. The van der Waals surface area contributed by atoms with Crippen molar-refractivity contribution < 1.29 is 0 Å². The van der Waals surface area contributed by atoms with Crippen molar-refractivity contribution in [2.45, 2.75) is 77.8 Å². The summed E-state index contributed by atoms with van der Waals surface area (Å²) in [4.78, 5) is 0. The first-order chi connectivity index (χ1) is 12.4. The number of nitrogen functional groups attached to an aromatic ring is 2. The van der Waals surface area contributed by atoms with Crippen molar-refractivity contribution in [2.24, 2.45) is 0 Å². The topological polar surface area (TPSA) is 52.0 Å². The Morgan fingerprint density at radius 3 is 1.12 bits per heavy atom. The third-order valence-electron chi connectivity index (χ3n) is 6.27. The molecule has 4 N–H and O–H groups in total. The van der Waals surface area contributed by atoms with Gasteiger partial charge in [0.1, 0.15) is 16.1 Å². The van der Waals surface area contributed by atoms with Gasteiger partial charge in [-0.05, 0) is 48.4 Å². The zero-order chi connectivity index (χ0) is 19.8. The number of hydrogen-bond donors (Lipinski definition) is 2. The van der Waals surface area contributed by atoms with Crippen LogP contribution in [0.4, 0.5) is 11.4 Å². The molecule has 1 rings (SSSR count). The summed E-state index contributed by atoms with van der Waals surface area (Å²) < 4.78 is 0. The highest BCUT2D eigenvalue weighted by molar-refractivity contribution is 6.87. The molecule has 2 nitrogen and oxygen atoms in total. The molecule has 0 aliphatic rings. The average Bonchev–Trinajstić information content (AvgIpc) is 2.69. The van der Waals surface area contributed by atoms with E-state index >= 15 is 0 Å². The van der Waals surface area contributed by atoms with E-state index in [1.807, 2.05) is 12.1 Å². The minimum atomic E-state index is -1.49. The lowest BCUT2D eigenvalue weighted by Gasteiger charge is -2.20. The van der Waals surface area contributed by atoms with E-state index in [1.54, 1.807) is 0 Å². The smallest absolute Gasteiger partial charge is 0.138 e. The van der Waals surface area contributed by atoms with Crippen LogP contribution in [0.2, 0.25) is 36.3 Å². The van der Waals surface area contributed by atoms with Crippen LogP contribution in [0, 0.1) is 22.9 Å². The second-order valence-electron chi connectivity index (χ2n) is 7.17. The summed E-state index contributed by atoms with van der Waals surface area (Å²) in [6, 6.07) is 11.1. The highest BCUT2D eigenvalue weighted by Crippen LogP contribution is 2.26. The molecule has 0 fully saturated rings. The zero-order valence-corrected chi connectivity index (χ0v) is 19.6. The van der Waals surface area contributed by atoms with E-state index in [-0.39, 0.29) is 0 Å². The van der Waals surface area contributed by atoms with Crippen molar-refractivity contribution in [3.8, 4) is 22.9 Å². The Morgan fingerprint density at radius 1 is 0.615 bits per heavy atom. The Kier molecular flexibility index (Phi) is 8.54. The Morgan fingerprint density at radius 2 is 0.885 bits per heavy atom. The van der Waals surface area contributed by atoms with E-state index in [0.717, 1.165) is 11.1 Å². The number of nitrogens with two attached hydrogens (primary N) is 2. The number of rotatable bonds is 6. The molecule has 0 spiro atoms. The fourth-order valence-electron chi connectivity index (χ4n) is 3.28. The van der Waals surface area contributed by atoms with Gasteiger partial charge >= 0.3 is 0 Å². The molecule has 0 heterocycles. The fraction of sp³-hybridized carbons (Fsp3) is 0.545. The minimum absolute atomic E-state index is 0.590. The molecule has 0 radical (unpaired) electrons. The second-order valence-corrected chi connectivity index (χ2v) is 17.0. The molecule has 1 aromatic carbocycles. The second kappa shape index (κ2) is 9.90. The average molecular weight is 385 g/mol. The molecule has 0 saturated heterocycles. The van der Waals surface area contributed by atoms with E-state index in [0.29, 0.717) is 11.4 Å². The molecule has 0 atom stereocenters. The summed E-state index contributed by atoms with van der Waals surface area (Å²) in [5, 5.41) is 0. The Bertz CT molecular complexity index is 645. The minimum Gasteiger partial charge on any atom is -0.396 e. The summed E-state index contributed by atoms with van der Waals surface area (Å²) >= 11 is 0. The number of anilines is 2. The molecule has 0 bridgehead atoms. The summed E-state index contributed by atoms with van der Waals surface area (Å²) in [6.45, 7) is 13.6. The maximum Gasteiger partial charge on any atom is 0.138 e. The van der Waals surface area contributed by atoms with Crippen LogP contribution in [0.3, 0.4) is 0 Å². The monoisotopic (exact) mass is 384 g/mol. The van der Waals surface area contributed by atoms with Crippen molar-refractivity contribution >= 4 is 27.5 Å². The first-order valence-corrected chi connectivity index (χ1v) is 15.3. The third-order valence-corrected chi connectivity index (χ3v) is 15.7. The summed E-state index contributed by atoms with van der Waals surface area (Å²) in [5.41, 5.74) is 22.7. The maximum absolute atomic E-state index is 6.31. The van der Waals surface area contributed by atoms with Gasteiger partial charge in [0, 0.05) is 11.1 Å². The van der Waals surface area contributed by atoms with Gasteiger partial charge in [0.2, 0.25) is 0 Å². The van der Waals surface area contributed by atoms with Crippen LogP contribution in [-0.4, -0.2) is 16.1 Å². The predicted octanol–water partition coefficient (Wildman–Crippen LogP) is 5.65. The highest BCUT2D eigenvalue weighted by atomic mass is 28.3. The lowest BCUT2D eigenvalue weighted by molar-refractivity contribution is 1.20. The number of hydrogen-bond acceptors (Lipinski definition) is 2. The van der Waals surface area contributed by atoms with Crippen molar-refractivity contribution in [1.29, 1.82) is 0 Å². The van der Waals surface area contributed by atoms with Crippen LogP contribution >= 0.6 is 0 Å². The standard InChI is InChI=1S/C22H36N2Si2/c1-7-25(8-2,9-3)17-15-19-13-14-20(22(24)21(19)23)16-18-26(10-4,11-5)12-6/h13-14H,7-12,23-24H2,1-6H3. The van der Waals surface area contributed by atoms with E-state index in [9.17, 15) is 0 Å². The zero-order valence-electron chi connectivity index (χ0n) is 17.6. The van der Waals surface area contributed by atoms with Crippen molar-refractivity contribution in [2.75, 3.05) is 11.5 Å². The van der Waals surface area contributed by atoms with Crippen LogP contribution in [0.5, 0.6) is 0 Å². The van der Waals surface area contributed by atoms with Gasteiger partial charge in [-0.25, -0.2) is 0 Å². The lowest BCUT2D eigenvalue weighted by atomic mass is 10.1. The van der Waals surface area contributed by atoms with Gasteiger partial charge in [0.25, 0.3) is 0 Å². The van der Waals surface area contributed by atoms with Crippen LogP contribution in [-0.2, 0) is 0 Å². The summed E-state index contributed by atoms with van der Waals surface area (Å²) in [7, 11) is -2.98. The molecule has 0 aliphatic heterocycles. The van der Waals surface area contributed by atoms with Gasteiger partial charge < -0.3 is 11.5 Å². The molecule has 1 aromatic rings. The van der Waals surface area contributed by atoms with Crippen molar-refractivity contribution in [3.63, 3.8) is 0 Å². The maximum atomic E-state index is 6.31. The fourth-order valence-corrected chi connectivity index (χ4v) is 8.14. The Labute approximate surface area is 163 Å². The Balaban J connectivity index is 3.27. The quantitative estimate of drug-likeness (QED) is 0.378. The van der Waals surface area contributed by atoms with Crippen molar-refractivity contribution in [1.82, 2.24) is 0 Å². The third kappa shape index (κ3) is 4.96. The highest BCUT2D eigenvalue weighted by Gasteiger charge is 2.25. The molecule has 0 aromatic heterocycles. The molecule has 0 saturated carbocycles. The first-order valence-electron chi connectivity index (χ1n) is 10.1. The molecular weight excluding hydrogens is 348 g/mol. The van der Waals surface area contributed by atoms with Crippen LogP contribution < -0.4 is 11.5 Å². The first kappa shape index (κ1) is 22.4. The molecule has 0 unspecified atom stereocenters. The molecule has 26 heavy (non-hydrogen) atoms. The van der Waals surface area contributed by atoms with Crippen LogP contribution in [0.25, 0.3) is 0 Å². The molecule has 4 heteroatoms. The van der Waals surface area contributed by atoms with Gasteiger partial charge in [-0.1, -0.05) is 53.4 Å². The molecule has 0 aliphatic carbocycles. The largest absolute Gasteiger partial charge is 0.396 e. The Hall–Kier alpha value is -1.63. The van der Waals surface area contributed by atoms with Gasteiger partial charge in [0.15, 0.2) is 0 Å². The lowest BCUT2D eigenvalue weighted by Crippen LogP contribution is -2.29. The summed E-state index contributed by atoms with van der Waals surface area (Å²) in [6.07, 6.45) is 0. The summed E-state index contributed by atoms with van der Waals surface area (Å²) in [5.74, 6) is 6.70. The predicted molar refractivity (Wildman–Crippen MR) is 123 cm³/mol. The molecular formula is C22H36N2Si2. The van der Waals surface area contributed by atoms with E-state index in [4.69, 9.17) is 11.5 Å². The van der Waals surface area contributed by atoms with Crippen LogP contribution in [0.1, 0.15) is 52.7 Å². The number of benzene rings is 1. The molecule has 142 valence electrons. The van der Waals surface area contributed by atoms with E-state index in [1.165, 1.54) is 36.3 Å². The SMILES string of the molecule is CC[Si](C#Cc1ccc(C#C[Si](CC)(CC)CC)c(N)c1N)(CC)CC. The van der Waals surface area contributed by atoms with E-state index in [2.05, 4.69) is 64.5 Å². The van der Waals surface area contributed by atoms with Crippen molar-refractivity contribution in [3.05, 3.63) is 23.3 Å². The van der Waals surface area contributed by atoms with Crippen LogP contribution in [0.15, 0.2) is 12.1 Å².